The van der Waals surface area contributed by atoms with Crippen molar-refractivity contribution in [2.24, 2.45) is 0 Å². The maximum absolute atomic E-state index is 13.1. The lowest BCUT2D eigenvalue weighted by atomic mass is 10.0. The molecule has 1 atom stereocenters. The summed E-state index contributed by atoms with van der Waals surface area (Å²) in [6.45, 7) is 8.72. The topological polar surface area (TPSA) is 65.0 Å². The van der Waals surface area contributed by atoms with E-state index in [4.69, 9.17) is 4.74 Å². The summed E-state index contributed by atoms with van der Waals surface area (Å²) in [6, 6.07) is 4.84. The molecule has 1 aromatic carbocycles. The lowest BCUT2D eigenvalue weighted by Gasteiger charge is -2.35. The number of nitrogens with zero attached hydrogens (tertiary/aromatic N) is 2. The van der Waals surface area contributed by atoms with Crippen LogP contribution in [0.1, 0.15) is 25.5 Å². The van der Waals surface area contributed by atoms with Gasteiger partial charge in [-0.2, -0.15) is 0 Å². The third-order valence-electron chi connectivity index (χ3n) is 4.36. The Morgan fingerprint density at radius 2 is 2.00 bits per heavy atom. The number of carbonyl (C=O) groups excluding carboxylic acids is 1. The molecule has 0 aliphatic carbocycles. The number of hydrogen-bond donors (Lipinski definition) is 2. The molecule has 0 radical (unpaired) electrons. The van der Waals surface area contributed by atoms with Gasteiger partial charge in [0, 0.05) is 26.2 Å². The minimum absolute atomic E-state index is 0.0651. The lowest BCUT2D eigenvalue weighted by Crippen LogP contribution is -2.50. The van der Waals surface area contributed by atoms with Gasteiger partial charge in [-0.1, -0.05) is 19.9 Å². The van der Waals surface area contributed by atoms with Crippen molar-refractivity contribution in [1.82, 2.24) is 15.1 Å². The number of amides is 1. The molecular weight excluding hydrogens is 294 g/mol. The van der Waals surface area contributed by atoms with Crippen LogP contribution in [0.4, 0.5) is 0 Å². The fourth-order valence-corrected chi connectivity index (χ4v) is 3.03. The average Bonchev–Trinajstić information content (AvgIpc) is 2.59. The molecule has 0 spiro atoms. The zero-order chi connectivity index (χ0) is 16.8. The molecule has 0 bridgehead atoms. The largest absolute Gasteiger partial charge is 0.504 e. The minimum Gasteiger partial charge on any atom is -0.504 e. The Kier molecular flexibility index (Phi) is 6.24. The van der Waals surface area contributed by atoms with Crippen LogP contribution in [0, 0.1) is 0 Å². The van der Waals surface area contributed by atoms with Crippen LogP contribution in [0.25, 0.3) is 0 Å². The third-order valence-corrected chi connectivity index (χ3v) is 4.36. The molecule has 1 aliphatic heterocycles. The summed E-state index contributed by atoms with van der Waals surface area (Å²) in [6.07, 6.45) is 0. The van der Waals surface area contributed by atoms with Crippen molar-refractivity contribution in [3.05, 3.63) is 23.8 Å². The number of nitrogens with one attached hydrogen (secondary N) is 1. The highest BCUT2D eigenvalue weighted by atomic mass is 16.5. The van der Waals surface area contributed by atoms with Crippen molar-refractivity contribution >= 4 is 5.91 Å². The van der Waals surface area contributed by atoms with Gasteiger partial charge in [-0.05, 0) is 30.8 Å². The lowest BCUT2D eigenvalue weighted by molar-refractivity contribution is -0.137. The summed E-state index contributed by atoms with van der Waals surface area (Å²) in [7, 11) is 1.52. The second-order valence-corrected chi connectivity index (χ2v) is 5.63. The van der Waals surface area contributed by atoms with E-state index >= 15 is 0 Å². The van der Waals surface area contributed by atoms with Gasteiger partial charge < -0.3 is 20.1 Å². The second-order valence-electron chi connectivity index (χ2n) is 5.63. The second kappa shape index (κ2) is 8.17. The summed E-state index contributed by atoms with van der Waals surface area (Å²) in [5, 5.41) is 13.3. The van der Waals surface area contributed by atoms with E-state index in [0.717, 1.165) is 44.8 Å². The molecule has 2 N–H and O–H groups in total. The maximum Gasteiger partial charge on any atom is 0.244 e. The van der Waals surface area contributed by atoms with E-state index in [1.807, 2.05) is 24.8 Å². The summed E-state index contributed by atoms with van der Waals surface area (Å²) in [5.74, 6) is 0.580. The van der Waals surface area contributed by atoms with E-state index < -0.39 is 0 Å². The van der Waals surface area contributed by atoms with Gasteiger partial charge in [0.05, 0.1) is 7.11 Å². The van der Waals surface area contributed by atoms with Gasteiger partial charge in [-0.3, -0.25) is 9.69 Å². The summed E-state index contributed by atoms with van der Waals surface area (Å²) in [4.78, 5) is 17.1. The first-order chi connectivity index (χ1) is 11.1. The van der Waals surface area contributed by atoms with Gasteiger partial charge in [0.15, 0.2) is 11.5 Å². The van der Waals surface area contributed by atoms with Gasteiger partial charge in [-0.15, -0.1) is 0 Å². The summed E-state index contributed by atoms with van der Waals surface area (Å²) >= 11 is 0. The molecular formula is C17H27N3O3. The molecule has 0 aromatic heterocycles. The third kappa shape index (κ3) is 3.95. The van der Waals surface area contributed by atoms with Crippen LogP contribution in [-0.2, 0) is 4.79 Å². The molecule has 1 fully saturated rings. The molecule has 1 saturated heterocycles. The van der Waals surface area contributed by atoms with E-state index in [9.17, 15) is 9.90 Å². The number of aromatic hydroxyl groups is 1. The quantitative estimate of drug-likeness (QED) is 0.825. The normalized spacial score (nSPS) is 16.4. The molecule has 1 heterocycles. The van der Waals surface area contributed by atoms with Crippen LogP contribution in [0.15, 0.2) is 18.2 Å². The van der Waals surface area contributed by atoms with E-state index in [0.29, 0.717) is 5.75 Å². The zero-order valence-electron chi connectivity index (χ0n) is 14.2. The molecule has 1 amide bonds. The smallest absolute Gasteiger partial charge is 0.244 e. The van der Waals surface area contributed by atoms with Gasteiger partial charge in [0.25, 0.3) is 0 Å². The number of benzene rings is 1. The van der Waals surface area contributed by atoms with Gasteiger partial charge in [0.1, 0.15) is 6.04 Å². The number of ether oxygens (including phenoxy) is 1. The fraction of sp³-hybridized carbons (Fsp3) is 0.588. The molecule has 1 aromatic rings. The molecule has 0 saturated carbocycles. The number of piperazine rings is 1. The Bertz CT molecular complexity index is 526. The highest BCUT2D eigenvalue weighted by molar-refractivity contribution is 5.83. The fourth-order valence-electron chi connectivity index (χ4n) is 3.03. The predicted octanol–water partition coefficient (Wildman–Crippen LogP) is 1.22. The van der Waals surface area contributed by atoms with Crippen molar-refractivity contribution < 1.29 is 14.6 Å². The molecule has 2 rings (SSSR count). The van der Waals surface area contributed by atoms with Gasteiger partial charge >= 0.3 is 0 Å². The Balaban J connectivity index is 2.33. The van der Waals surface area contributed by atoms with Crippen molar-refractivity contribution in [2.45, 2.75) is 19.9 Å². The molecule has 1 unspecified atom stereocenters. The van der Waals surface area contributed by atoms with E-state index in [-0.39, 0.29) is 17.7 Å². The molecule has 6 heteroatoms. The van der Waals surface area contributed by atoms with Crippen LogP contribution in [-0.4, -0.2) is 67.2 Å². The maximum atomic E-state index is 13.1. The Morgan fingerprint density at radius 1 is 1.35 bits per heavy atom. The van der Waals surface area contributed by atoms with Crippen molar-refractivity contribution in [3.63, 3.8) is 0 Å². The summed E-state index contributed by atoms with van der Waals surface area (Å²) < 4.78 is 5.10. The van der Waals surface area contributed by atoms with E-state index in [1.165, 1.54) is 7.11 Å². The van der Waals surface area contributed by atoms with Crippen LogP contribution in [0.2, 0.25) is 0 Å². The standard InChI is InChI=1S/C17H27N3O3/c1-4-19(5-2)16(17(22)20-10-8-18-9-11-20)13-6-7-15(23-3)14(21)12-13/h6-7,12,16,18,21H,4-5,8-11H2,1-3H3. The molecule has 128 valence electrons. The number of rotatable bonds is 6. The Hall–Kier alpha value is -1.79. The highest BCUT2D eigenvalue weighted by Crippen LogP contribution is 2.32. The first-order valence-electron chi connectivity index (χ1n) is 8.22. The molecule has 1 aliphatic rings. The predicted molar refractivity (Wildman–Crippen MR) is 89.8 cm³/mol. The van der Waals surface area contributed by atoms with E-state index in [1.54, 1.807) is 12.1 Å². The summed E-state index contributed by atoms with van der Waals surface area (Å²) in [5.41, 5.74) is 0.801. The highest BCUT2D eigenvalue weighted by Gasteiger charge is 2.31. The number of methoxy groups -OCH3 is 1. The molecule has 23 heavy (non-hydrogen) atoms. The van der Waals surface area contributed by atoms with Crippen LogP contribution in [0.3, 0.4) is 0 Å². The first kappa shape index (κ1) is 17.6. The Labute approximate surface area is 138 Å². The first-order valence-corrected chi connectivity index (χ1v) is 8.22. The number of carbonyl (C=O) groups is 1. The van der Waals surface area contributed by atoms with Gasteiger partial charge in [0.2, 0.25) is 5.91 Å². The number of hydrogen-bond acceptors (Lipinski definition) is 5. The Morgan fingerprint density at radius 3 is 2.52 bits per heavy atom. The number of likely N-dealkylation sites (N-methyl/N-ethyl adjacent to an activating group) is 1. The van der Waals surface area contributed by atoms with E-state index in [2.05, 4.69) is 10.2 Å². The molecule has 6 nitrogen and oxygen atoms in total. The van der Waals surface area contributed by atoms with Gasteiger partial charge in [-0.25, -0.2) is 0 Å². The minimum atomic E-state index is -0.375. The van der Waals surface area contributed by atoms with Crippen molar-refractivity contribution in [2.75, 3.05) is 46.4 Å². The van der Waals surface area contributed by atoms with Crippen LogP contribution >= 0.6 is 0 Å². The number of phenolic OH excluding ortho intramolecular Hbond substituents is 1. The SMILES string of the molecule is CCN(CC)C(C(=O)N1CCNCC1)c1ccc(OC)c(O)c1. The zero-order valence-corrected chi connectivity index (χ0v) is 14.2. The van der Waals surface area contributed by atoms with Crippen LogP contribution < -0.4 is 10.1 Å². The van der Waals surface area contributed by atoms with Crippen molar-refractivity contribution in [1.29, 1.82) is 0 Å². The average molecular weight is 321 g/mol. The van der Waals surface area contributed by atoms with Crippen LogP contribution in [0.5, 0.6) is 11.5 Å². The number of phenols is 1. The monoisotopic (exact) mass is 321 g/mol. The van der Waals surface area contributed by atoms with Crippen molar-refractivity contribution in [3.8, 4) is 11.5 Å².